The van der Waals surface area contributed by atoms with E-state index in [4.69, 9.17) is 24.7 Å². The van der Waals surface area contributed by atoms with Gasteiger partial charge in [-0.25, -0.2) is 0 Å². The van der Waals surface area contributed by atoms with Crippen molar-refractivity contribution >= 4 is 15.2 Å². The van der Waals surface area contributed by atoms with Gasteiger partial charge >= 0.3 is 15.2 Å². The summed E-state index contributed by atoms with van der Waals surface area (Å²) in [6.45, 7) is -0.518. The van der Waals surface area contributed by atoms with Gasteiger partial charge in [-0.05, 0) is 6.42 Å². The van der Waals surface area contributed by atoms with Gasteiger partial charge in [-0.1, -0.05) is 0 Å². The highest BCUT2D eigenvalue weighted by molar-refractivity contribution is 7.56. The number of hydrogen-bond donors (Lipinski definition) is 5. The van der Waals surface area contributed by atoms with Gasteiger partial charge in [0.05, 0.1) is 11.8 Å². The third-order valence-corrected chi connectivity index (χ3v) is 3.98. The largest absolute Gasteiger partial charge is 0.396 e. The minimum atomic E-state index is -4.54. The predicted molar refractivity (Wildman–Crippen MR) is 44.4 cm³/mol. The Hall–Kier alpha value is 0.260. The topological polar surface area (TPSA) is 135 Å². The molecule has 5 N–H and O–H groups in total. The summed E-state index contributed by atoms with van der Waals surface area (Å²) in [6, 6.07) is 0. The summed E-state index contributed by atoms with van der Waals surface area (Å²) >= 11 is 0. The highest BCUT2D eigenvalue weighted by Crippen LogP contribution is 2.49. The first-order valence-corrected chi connectivity index (χ1v) is 6.85. The van der Waals surface area contributed by atoms with Crippen LogP contribution in [0.5, 0.6) is 0 Å². The Labute approximate surface area is 74.7 Å². The molecule has 9 heteroatoms. The summed E-state index contributed by atoms with van der Waals surface area (Å²) in [5.74, 6) is 0. The molecule has 0 rings (SSSR count). The van der Waals surface area contributed by atoms with E-state index < -0.39 is 33.6 Å². The molecular weight excluding hydrogens is 222 g/mol. The van der Waals surface area contributed by atoms with E-state index in [1.807, 2.05) is 0 Å². The molecule has 1 unspecified atom stereocenters. The van der Waals surface area contributed by atoms with Crippen molar-refractivity contribution in [3.63, 3.8) is 0 Å². The van der Waals surface area contributed by atoms with E-state index in [1.54, 1.807) is 0 Å². The molecule has 13 heavy (non-hydrogen) atoms. The lowest BCUT2D eigenvalue weighted by molar-refractivity contribution is 0.274. The monoisotopic (exact) mass is 234 g/mol. The number of hydrogen-bond acceptors (Lipinski definition) is 3. The molecule has 0 saturated heterocycles. The summed E-state index contributed by atoms with van der Waals surface area (Å²) < 4.78 is 21.1. The maximum atomic E-state index is 10.6. The number of aliphatic hydroxyl groups excluding tert-OH is 1. The molecule has 0 bridgehead atoms. The van der Waals surface area contributed by atoms with Gasteiger partial charge in [0.2, 0.25) is 0 Å². The molecule has 0 aromatic carbocycles. The van der Waals surface area contributed by atoms with Crippen molar-refractivity contribution in [3.8, 4) is 0 Å². The van der Waals surface area contributed by atoms with Crippen LogP contribution >= 0.6 is 15.2 Å². The Bertz CT molecular complexity index is 239. The molecule has 0 heterocycles. The van der Waals surface area contributed by atoms with Gasteiger partial charge in [0.25, 0.3) is 0 Å². The van der Waals surface area contributed by atoms with Crippen LogP contribution in [-0.2, 0) is 9.13 Å². The minimum absolute atomic E-state index is 0.324. The molecule has 80 valence electrons. The Morgan fingerprint density at radius 2 is 1.54 bits per heavy atom. The third-order valence-electron chi connectivity index (χ3n) is 1.39. The van der Waals surface area contributed by atoms with Crippen LogP contribution in [0.1, 0.15) is 6.42 Å². The molecule has 0 spiro atoms. The van der Waals surface area contributed by atoms with Crippen molar-refractivity contribution in [3.05, 3.63) is 0 Å². The lowest BCUT2D eigenvalue weighted by atomic mass is 10.3. The van der Waals surface area contributed by atoms with E-state index in [0.717, 1.165) is 0 Å². The molecular formula is C4H12O7P2. The lowest BCUT2D eigenvalue weighted by Crippen LogP contribution is -2.15. The van der Waals surface area contributed by atoms with Crippen molar-refractivity contribution in [2.45, 2.75) is 12.1 Å². The van der Waals surface area contributed by atoms with Crippen LogP contribution in [-0.4, -0.2) is 43.1 Å². The van der Waals surface area contributed by atoms with Crippen LogP contribution in [0.2, 0.25) is 0 Å². The Morgan fingerprint density at radius 3 is 1.77 bits per heavy atom. The summed E-state index contributed by atoms with van der Waals surface area (Å²) in [4.78, 5) is 34.2. The van der Waals surface area contributed by atoms with Crippen molar-refractivity contribution in [1.82, 2.24) is 0 Å². The molecule has 0 fully saturated rings. The standard InChI is InChI=1S/C4H12O7P2/c5-2-1-4(13(9,10)11)3-12(6,7)8/h4-5H,1-3H2,(H2,6,7,8)(H2,9,10,11). The maximum absolute atomic E-state index is 10.6. The molecule has 0 amide bonds. The van der Waals surface area contributed by atoms with Gasteiger partial charge in [-0.2, -0.15) is 0 Å². The van der Waals surface area contributed by atoms with Gasteiger partial charge in [-0.15, -0.1) is 0 Å². The normalized spacial score (nSPS) is 15.8. The number of aliphatic hydroxyl groups is 1. The molecule has 0 aliphatic rings. The number of rotatable bonds is 5. The van der Waals surface area contributed by atoms with E-state index in [-0.39, 0.29) is 6.42 Å². The van der Waals surface area contributed by atoms with E-state index in [1.165, 1.54) is 0 Å². The molecule has 0 aromatic rings. The average molecular weight is 234 g/mol. The van der Waals surface area contributed by atoms with Crippen LogP contribution in [0, 0.1) is 0 Å². The zero-order valence-corrected chi connectivity index (χ0v) is 8.43. The summed E-state index contributed by atoms with van der Waals surface area (Å²) in [5.41, 5.74) is -1.47. The van der Waals surface area contributed by atoms with Gasteiger partial charge in [-0.3, -0.25) is 9.13 Å². The van der Waals surface area contributed by atoms with Gasteiger partial charge in [0.1, 0.15) is 0 Å². The first-order chi connectivity index (χ1) is 5.67. The predicted octanol–water partition coefficient (Wildman–Crippen LogP) is -0.907. The second kappa shape index (κ2) is 4.66. The minimum Gasteiger partial charge on any atom is -0.396 e. The van der Waals surface area contributed by atoms with Crippen LogP contribution < -0.4 is 0 Å². The smallest absolute Gasteiger partial charge is 0.329 e. The quantitative estimate of drug-likeness (QED) is 0.388. The molecule has 0 radical (unpaired) electrons. The molecule has 0 aromatic heterocycles. The van der Waals surface area contributed by atoms with Gasteiger partial charge in [0.15, 0.2) is 0 Å². The summed E-state index contributed by atoms with van der Waals surface area (Å²) in [5, 5.41) is 8.40. The fourth-order valence-corrected chi connectivity index (χ4v) is 3.46. The fourth-order valence-electron chi connectivity index (χ4n) is 0.789. The van der Waals surface area contributed by atoms with E-state index >= 15 is 0 Å². The highest BCUT2D eigenvalue weighted by atomic mass is 31.2. The Kier molecular flexibility index (Phi) is 4.76. The van der Waals surface area contributed by atoms with E-state index in [0.29, 0.717) is 0 Å². The zero-order chi connectivity index (χ0) is 10.7. The Morgan fingerprint density at radius 1 is 1.08 bits per heavy atom. The first-order valence-electron chi connectivity index (χ1n) is 3.37. The second-order valence-corrected chi connectivity index (χ2v) is 6.21. The third kappa shape index (κ3) is 6.35. The van der Waals surface area contributed by atoms with Crippen LogP contribution in [0.15, 0.2) is 0 Å². The van der Waals surface area contributed by atoms with E-state index in [2.05, 4.69) is 0 Å². The first kappa shape index (κ1) is 13.3. The van der Waals surface area contributed by atoms with Gasteiger partial charge in [0, 0.05) is 6.61 Å². The molecule has 0 aliphatic carbocycles. The van der Waals surface area contributed by atoms with Gasteiger partial charge < -0.3 is 24.7 Å². The average Bonchev–Trinajstić information content (AvgIpc) is 1.81. The zero-order valence-electron chi connectivity index (χ0n) is 6.65. The van der Waals surface area contributed by atoms with Crippen LogP contribution in [0.25, 0.3) is 0 Å². The summed E-state index contributed by atoms with van der Waals surface area (Å²) in [7, 11) is -8.99. The molecule has 7 nitrogen and oxygen atoms in total. The van der Waals surface area contributed by atoms with Crippen LogP contribution in [0.3, 0.4) is 0 Å². The molecule has 0 saturated carbocycles. The highest BCUT2D eigenvalue weighted by Gasteiger charge is 2.34. The fraction of sp³-hybridized carbons (Fsp3) is 1.00. The Balaban J connectivity index is 4.46. The van der Waals surface area contributed by atoms with Crippen LogP contribution in [0.4, 0.5) is 0 Å². The van der Waals surface area contributed by atoms with Crippen molar-refractivity contribution in [2.75, 3.05) is 12.8 Å². The van der Waals surface area contributed by atoms with Crippen molar-refractivity contribution < 1.29 is 33.8 Å². The SMILES string of the molecule is O=P(O)(O)CC(CCO)P(=O)(O)O. The maximum Gasteiger partial charge on any atom is 0.329 e. The van der Waals surface area contributed by atoms with E-state index in [9.17, 15) is 9.13 Å². The second-order valence-electron chi connectivity index (χ2n) is 2.60. The van der Waals surface area contributed by atoms with Crippen molar-refractivity contribution in [2.24, 2.45) is 0 Å². The molecule has 1 atom stereocenters. The lowest BCUT2D eigenvalue weighted by Gasteiger charge is -2.17. The summed E-state index contributed by atoms with van der Waals surface area (Å²) in [6.07, 6.45) is -1.23. The molecule has 0 aliphatic heterocycles. The van der Waals surface area contributed by atoms with Crippen molar-refractivity contribution in [1.29, 1.82) is 0 Å².